The maximum Gasteiger partial charge on any atom is 0.183 e. The Hall–Kier alpha value is -1.06. The molecule has 4 heteroatoms. The molecule has 0 aromatic heterocycles. The van der Waals surface area contributed by atoms with E-state index in [2.05, 4.69) is 0 Å². The molecule has 0 saturated heterocycles. The molecule has 1 rings (SSSR count). The molecule has 0 heterocycles. The van der Waals surface area contributed by atoms with E-state index in [1.165, 1.54) is 6.07 Å². The maximum absolute atomic E-state index is 11.7. The van der Waals surface area contributed by atoms with Gasteiger partial charge in [-0.3, -0.25) is 4.79 Å². The molecule has 1 aromatic carbocycles. The second-order valence-electron chi connectivity index (χ2n) is 3.68. The van der Waals surface area contributed by atoms with E-state index >= 15 is 0 Å². The van der Waals surface area contributed by atoms with E-state index in [-0.39, 0.29) is 17.1 Å². The number of phenolic OH excluding ortho intramolecular Hbond substituents is 1. The van der Waals surface area contributed by atoms with Crippen molar-refractivity contribution in [2.24, 2.45) is 5.73 Å². The predicted octanol–water partition coefficient (Wildman–Crippen LogP) is 2.19. The molecular formula is C11H14ClNO2. The Morgan fingerprint density at radius 2 is 2.07 bits per heavy atom. The van der Waals surface area contributed by atoms with E-state index in [0.717, 1.165) is 5.56 Å². The number of ketones is 1. The molecule has 0 fully saturated rings. The largest absolute Gasteiger partial charge is 0.507 e. The number of carbonyl (C=O) groups excluding carboxylic acids is 1. The van der Waals surface area contributed by atoms with Gasteiger partial charge in [0.25, 0.3) is 0 Å². The molecule has 0 bridgehead atoms. The Morgan fingerprint density at radius 1 is 1.53 bits per heavy atom. The van der Waals surface area contributed by atoms with Crippen molar-refractivity contribution in [3.8, 4) is 5.75 Å². The zero-order chi connectivity index (χ0) is 11.7. The van der Waals surface area contributed by atoms with Crippen LogP contribution < -0.4 is 5.73 Å². The van der Waals surface area contributed by atoms with Crippen LogP contribution in [0.3, 0.4) is 0 Å². The number of phenols is 1. The normalized spacial score (nSPS) is 12.6. The van der Waals surface area contributed by atoms with Crippen LogP contribution in [0.2, 0.25) is 5.02 Å². The molecule has 0 saturated carbocycles. The van der Waals surface area contributed by atoms with Crippen molar-refractivity contribution >= 4 is 17.4 Å². The Balaban J connectivity index is 3.43. The van der Waals surface area contributed by atoms with E-state index in [1.807, 2.05) is 0 Å². The van der Waals surface area contributed by atoms with Gasteiger partial charge in [-0.1, -0.05) is 11.6 Å². The lowest BCUT2D eigenvalue weighted by Gasteiger charge is -2.13. The van der Waals surface area contributed by atoms with Crippen LogP contribution in [0.25, 0.3) is 0 Å². The monoisotopic (exact) mass is 227 g/mol. The molecule has 0 aliphatic carbocycles. The summed E-state index contributed by atoms with van der Waals surface area (Å²) in [5.74, 6) is -0.358. The Kier molecular flexibility index (Phi) is 3.37. The predicted molar refractivity (Wildman–Crippen MR) is 60.6 cm³/mol. The van der Waals surface area contributed by atoms with Crippen LogP contribution in [0.5, 0.6) is 5.75 Å². The second kappa shape index (κ2) is 4.21. The summed E-state index contributed by atoms with van der Waals surface area (Å²) in [5.41, 5.74) is 7.04. The molecule has 3 N–H and O–H groups in total. The molecule has 0 radical (unpaired) electrons. The summed E-state index contributed by atoms with van der Waals surface area (Å²) in [6, 6.07) is 0.832. The molecule has 1 aromatic rings. The molecule has 0 aliphatic rings. The average molecular weight is 228 g/mol. The standard InChI is InChI=1S/C11H14ClNO2/c1-5-4-8(14)9(6(2)10(5)12)11(15)7(3)13/h4,7,14H,13H2,1-3H3. The first kappa shape index (κ1) is 12.0. The molecular weight excluding hydrogens is 214 g/mol. The summed E-state index contributed by atoms with van der Waals surface area (Å²) >= 11 is 6.00. The Morgan fingerprint density at radius 3 is 2.53 bits per heavy atom. The van der Waals surface area contributed by atoms with Gasteiger partial charge in [-0.05, 0) is 38.0 Å². The fourth-order valence-electron chi connectivity index (χ4n) is 1.48. The zero-order valence-electron chi connectivity index (χ0n) is 8.97. The van der Waals surface area contributed by atoms with Crippen molar-refractivity contribution in [1.82, 2.24) is 0 Å². The highest BCUT2D eigenvalue weighted by atomic mass is 35.5. The highest BCUT2D eigenvalue weighted by Crippen LogP contribution is 2.31. The number of benzene rings is 1. The van der Waals surface area contributed by atoms with Gasteiger partial charge in [-0.2, -0.15) is 0 Å². The minimum absolute atomic E-state index is 0.0586. The fraction of sp³-hybridized carbons (Fsp3) is 0.364. The van der Waals surface area contributed by atoms with Gasteiger partial charge in [0.2, 0.25) is 0 Å². The van der Waals surface area contributed by atoms with Crippen molar-refractivity contribution in [2.75, 3.05) is 0 Å². The van der Waals surface area contributed by atoms with Crippen molar-refractivity contribution < 1.29 is 9.90 Å². The van der Waals surface area contributed by atoms with Crippen molar-refractivity contribution in [1.29, 1.82) is 0 Å². The number of aryl methyl sites for hydroxylation is 1. The van der Waals surface area contributed by atoms with Crippen LogP contribution in [0.15, 0.2) is 6.07 Å². The van der Waals surface area contributed by atoms with Crippen LogP contribution in [-0.2, 0) is 0 Å². The number of carbonyl (C=O) groups is 1. The van der Waals surface area contributed by atoms with Crippen LogP contribution in [-0.4, -0.2) is 16.9 Å². The Bertz CT molecular complexity index is 414. The van der Waals surface area contributed by atoms with Crippen molar-refractivity contribution in [2.45, 2.75) is 26.8 Å². The van der Waals surface area contributed by atoms with Crippen LogP contribution >= 0.6 is 11.6 Å². The highest BCUT2D eigenvalue weighted by Gasteiger charge is 2.20. The lowest BCUT2D eigenvalue weighted by molar-refractivity contribution is 0.0964. The number of nitrogens with two attached hydrogens (primary N) is 1. The van der Waals surface area contributed by atoms with Gasteiger partial charge in [0.05, 0.1) is 11.6 Å². The first-order chi connectivity index (χ1) is 6.86. The number of hydrogen-bond donors (Lipinski definition) is 2. The second-order valence-corrected chi connectivity index (χ2v) is 4.06. The molecule has 82 valence electrons. The van der Waals surface area contributed by atoms with E-state index in [1.54, 1.807) is 20.8 Å². The molecule has 0 amide bonds. The van der Waals surface area contributed by atoms with E-state index in [4.69, 9.17) is 17.3 Å². The lowest BCUT2D eigenvalue weighted by Crippen LogP contribution is -2.27. The minimum Gasteiger partial charge on any atom is -0.507 e. The first-order valence-electron chi connectivity index (χ1n) is 4.64. The highest BCUT2D eigenvalue weighted by molar-refractivity contribution is 6.32. The number of rotatable bonds is 2. The molecule has 0 aliphatic heterocycles. The third kappa shape index (κ3) is 2.13. The summed E-state index contributed by atoms with van der Waals surface area (Å²) in [6.45, 7) is 5.05. The van der Waals surface area contributed by atoms with Crippen LogP contribution in [0, 0.1) is 13.8 Å². The summed E-state index contributed by atoms with van der Waals surface area (Å²) in [6.07, 6.45) is 0. The summed E-state index contributed by atoms with van der Waals surface area (Å²) in [5, 5.41) is 10.2. The summed E-state index contributed by atoms with van der Waals surface area (Å²) in [7, 11) is 0. The van der Waals surface area contributed by atoms with E-state index < -0.39 is 6.04 Å². The SMILES string of the molecule is Cc1cc(O)c(C(=O)C(C)N)c(C)c1Cl. The topological polar surface area (TPSA) is 63.3 Å². The average Bonchev–Trinajstić information content (AvgIpc) is 2.14. The van der Waals surface area contributed by atoms with Gasteiger partial charge in [-0.25, -0.2) is 0 Å². The molecule has 0 spiro atoms. The zero-order valence-corrected chi connectivity index (χ0v) is 9.72. The summed E-state index contributed by atoms with van der Waals surface area (Å²) in [4.78, 5) is 11.7. The minimum atomic E-state index is -0.645. The third-order valence-electron chi connectivity index (χ3n) is 2.32. The molecule has 3 nitrogen and oxygen atoms in total. The summed E-state index contributed by atoms with van der Waals surface area (Å²) < 4.78 is 0. The van der Waals surface area contributed by atoms with Gasteiger partial charge >= 0.3 is 0 Å². The lowest BCUT2D eigenvalue weighted by atomic mass is 9.97. The maximum atomic E-state index is 11.7. The van der Waals surface area contributed by atoms with Crippen molar-refractivity contribution in [3.05, 3.63) is 27.8 Å². The molecule has 15 heavy (non-hydrogen) atoms. The van der Waals surface area contributed by atoms with Gasteiger partial charge in [-0.15, -0.1) is 0 Å². The number of halogens is 1. The molecule has 1 unspecified atom stereocenters. The van der Waals surface area contributed by atoms with E-state index in [0.29, 0.717) is 10.6 Å². The van der Waals surface area contributed by atoms with Crippen LogP contribution in [0.4, 0.5) is 0 Å². The smallest absolute Gasteiger partial charge is 0.183 e. The third-order valence-corrected chi connectivity index (χ3v) is 2.90. The number of aromatic hydroxyl groups is 1. The van der Waals surface area contributed by atoms with Gasteiger partial charge in [0.1, 0.15) is 5.75 Å². The van der Waals surface area contributed by atoms with Crippen molar-refractivity contribution in [3.63, 3.8) is 0 Å². The quantitative estimate of drug-likeness (QED) is 0.762. The first-order valence-corrected chi connectivity index (χ1v) is 5.02. The van der Waals surface area contributed by atoms with E-state index in [9.17, 15) is 9.90 Å². The number of hydrogen-bond acceptors (Lipinski definition) is 3. The van der Waals surface area contributed by atoms with Crippen LogP contribution in [0.1, 0.15) is 28.4 Å². The molecule has 1 atom stereocenters. The van der Waals surface area contributed by atoms with Gasteiger partial charge in [0, 0.05) is 5.02 Å². The Labute approximate surface area is 93.9 Å². The fourth-order valence-corrected chi connectivity index (χ4v) is 1.63. The van der Waals surface area contributed by atoms with Gasteiger partial charge < -0.3 is 10.8 Å². The number of Topliss-reactive ketones (excluding diaryl/α,β-unsaturated/α-hetero) is 1. The van der Waals surface area contributed by atoms with Gasteiger partial charge in [0.15, 0.2) is 5.78 Å².